The number of hydrogen-bond donors (Lipinski definition) is 1. The molecule has 0 fully saturated rings. The van der Waals surface area contributed by atoms with E-state index in [0.717, 1.165) is 0 Å². The Morgan fingerprint density at radius 2 is 1.62 bits per heavy atom. The van der Waals surface area contributed by atoms with Gasteiger partial charge in [0.05, 0.1) is 11.8 Å². The number of rotatable bonds is 4. The van der Waals surface area contributed by atoms with Gasteiger partial charge >= 0.3 is 5.97 Å². The number of carbonyl (C=O) groups is 1. The molecule has 4 rings (SSSR count). The minimum Gasteiger partial charge on any atom is -0.422 e. The number of sulfonamides is 1. The normalized spacial score (nSPS) is 14.3. The molecule has 0 atom stereocenters. The lowest BCUT2D eigenvalue weighted by Gasteiger charge is -2.07. The van der Waals surface area contributed by atoms with Crippen LogP contribution in [0, 0.1) is 0 Å². The molecule has 7 nitrogen and oxygen atoms in total. The van der Waals surface area contributed by atoms with Crippen LogP contribution in [0.1, 0.15) is 21.5 Å². The third-order valence-electron chi connectivity index (χ3n) is 4.14. The molecule has 0 bridgehead atoms. The molecule has 0 radical (unpaired) electrons. The predicted molar refractivity (Wildman–Crippen MR) is 109 cm³/mol. The molecule has 0 aromatic heterocycles. The first-order chi connectivity index (χ1) is 14.0. The van der Waals surface area contributed by atoms with Crippen LogP contribution in [0.4, 0.5) is 0 Å². The summed E-state index contributed by atoms with van der Waals surface area (Å²) >= 11 is 0. The van der Waals surface area contributed by atoms with Crippen LogP contribution in [0.25, 0.3) is 0 Å². The van der Waals surface area contributed by atoms with Crippen molar-refractivity contribution in [1.29, 1.82) is 0 Å². The molecule has 144 valence electrons. The van der Waals surface area contributed by atoms with E-state index >= 15 is 0 Å². The first kappa shape index (κ1) is 18.6. The lowest BCUT2D eigenvalue weighted by Crippen LogP contribution is -2.17. The van der Waals surface area contributed by atoms with Crippen LogP contribution in [-0.2, 0) is 10.0 Å². The van der Waals surface area contributed by atoms with Gasteiger partial charge < -0.3 is 4.74 Å². The monoisotopic (exact) mass is 405 g/mol. The number of fused-ring (bicyclic) bond motifs is 1. The molecule has 0 aliphatic carbocycles. The SMILES string of the molecule is O=C(Oc1ccccc1/C=N/NC1=NS(=O)(=O)c2ccccc21)c1ccccc1. The van der Waals surface area contributed by atoms with Crippen molar-refractivity contribution in [3.8, 4) is 5.75 Å². The van der Waals surface area contributed by atoms with Crippen molar-refractivity contribution in [2.45, 2.75) is 4.90 Å². The number of nitrogens with one attached hydrogen (secondary N) is 1. The average molecular weight is 405 g/mol. The maximum atomic E-state index is 12.3. The van der Waals surface area contributed by atoms with Crippen molar-refractivity contribution < 1.29 is 17.9 Å². The summed E-state index contributed by atoms with van der Waals surface area (Å²) in [5.41, 5.74) is 4.08. The Hall–Kier alpha value is -3.78. The Balaban J connectivity index is 1.53. The molecule has 3 aromatic rings. The summed E-state index contributed by atoms with van der Waals surface area (Å²) in [7, 11) is -3.72. The third-order valence-corrected chi connectivity index (χ3v) is 5.47. The summed E-state index contributed by atoms with van der Waals surface area (Å²) in [4.78, 5) is 12.4. The number of esters is 1. The molecule has 0 unspecified atom stereocenters. The van der Waals surface area contributed by atoms with Gasteiger partial charge in [0.1, 0.15) is 10.6 Å². The van der Waals surface area contributed by atoms with Crippen molar-refractivity contribution in [2.75, 3.05) is 0 Å². The molecule has 8 heteroatoms. The van der Waals surface area contributed by atoms with Gasteiger partial charge in [-0.25, -0.2) is 4.79 Å². The fourth-order valence-electron chi connectivity index (χ4n) is 2.76. The van der Waals surface area contributed by atoms with Crippen LogP contribution in [0.15, 0.2) is 93.3 Å². The number of para-hydroxylation sites is 1. The predicted octanol–water partition coefficient (Wildman–Crippen LogP) is 2.98. The van der Waals surface area contributed by atoms with E-state index < -0.39 is 16.0 Å². The summed E-state index contributed by atoms with van der Waals surface area (Å²) in [6.45, 7) is 0. The van der Waals surface area contributed by atoms with E-state index in [2.05, 4.69) is 14.9 Å². The number of nitrogens with zero attached hydrogens (tertiary/aromatic N) is 2. The first-order valence-corrected chi connectivity index (χ1v) is 10.1. The van der Waals surface area contributed by atoms with Crippen LogP contribution >= 0.6 is 0 Å². The van der Waals surface area contributed by atoms with Crippen molar-refractivity contribution in [3.05, 3.63) is 95.6 Å². The quantitative estimate of drug-likeness (QED) is 0.311. The van der Waals surface area contributed by atoms with E-state index in [1.165, 1.54) is 12.3 Å². The summed E-state index contributed by atoms with van der Waals surface area (Å²) in [6, 6.07) is 22.0. The topological polar surface area (TPSA) is 97.2 Å². The number of carbonyl (C=O) groups excluding carboxylic acids is 1. The smallest absolute Gasteiger partial charge is 0.343 e. The molecule has 1 N–H and O–H groups in total. The van der Waals surface area contributed by atoms with Gasteiger partial charge in [-0.3, -0.25) is 5.43 Å². The van der Waals surface area contributed by atoms with Crippen LogP contribution < -0.4 is 10.2 Å². The van der Waals surface area contributed by atoms with Crippen LogP contribution in [-0.4, -0.2) is 26.4 Å². The molecule has 0 spiro atoms. The molecule has 1 heterocycles. The van der Waals surface area contributed by atoms with Gasteiger partial charge in [-0.05, 0) is 36.4 Å². The maximum absolute atomic E-state index is 12.3. The molecular weight excluding hydrogens is 390 g/mol. The molecule has 1 aliphatic rings. The van der Waals surface area contributed by atoms with Crippen molar-refractivity contribution in [2.24, 2.45) is 9.50 Å². The zero-order chi connectivity index (χ0) is 20.3. The standard InChI is InChI=1S/C21H15N3O4S/c25-21(15-8-2-1-3-9-15)28-18-12-6-4-10-16(18)14-22-23-20-17-11-5-7-13-19(17)29(26,27)24-20/h1-14H,(H,23,24)/b22-14+. The summed E-state index contributed by atoms with van der Waals surface area (Å²) in [5, 5.41) is 4.07. The second-order valence-electron chi connectivity index (χ2n) is 6.07. The highest BCUT2D eigenvalue weighted by Crippen LogP contribution is 2.24. The summed E-state index contributed by atoms with van der Waals surface area (Å²) in [6.07, 6.45) is 1.43. The lowest BCUT2D eigenvalue weighted by molar-refractivity contribution is 0.0734. The fraction of sp³-hybridized carbons (Fsp3) is 0. The number of hydrogen-bond acceptors (Lipinski definition) is 6. The van der Waals surface area contributed by atoms with Gasteiger partial charge in [0.25, 0.3) is 10.0 Å². The number of hydrazone groups is 1. The van der Waals surface area contributed by atoms with E-state index in [-0.39, 0.29) is 10.7 Å². The Morgan fingerprint density at radius 1 is 0.931 bits per heavy atom. The van der Waals surface area contributed by atoms with Crippen LogP contribution in [0.5, 0.6) is 5.75 Å². The van der Waals surface area contributed by atoms with Crippen molar-refractivity contribution in [1.82, 2.24) is 5.43 Å². The second-order valence-corrected chi connectivity index (χ2v) is 7.65. The molecule has 0 amide bonds. The highest BCUT2D eigenvalue weighted by Gasteiger charge is 2.28. The zero-order valence-electron chi connectivity index (χ0n) is 15.0. The van der Waals surface area contributed by atoms with Gasteiger partial charge in [-0.1, -0.05) is 42.5 Å². The van der Waals surface area contributed by atoms with Crippen molar-refractivity contribution >= 4 is 28.0 Å². The number of ether oxygens (including phenoxy) is 1. The number of benzene rings is 3. The lowest BCUT2D eigenvalue weighted by atomic mass is 10.2. The van der Waals surface area contributed by atoms with Gasteiger partial charge in [0, 0.05) is 11.1 Å². The Labute approximate surface area is 167 Å². The van der Waals surface area contributed by atoms with E-state index in [9.17, 15) is 13.2 Å². The molecular formula is C21H15N3O4S. The van der Waals surface area contributed by atoms with Gasteiger partial charge in [0.2, 0.25) is 0 Å². The summed E-state index contributed by atoms with van der Waals surface area (Å²) < 4.78 is 33.3. The molecule has 0 saturated carbocycles. The first-order valence-electron chi connectivity index (χ1n) is 8.64. The Morgan fingerprint density at radius 3 is 2.45 bits per heavy atom. The van der Waals surface area contributed by atoms with Crippen molar-refractivity contribution in [3.63, 3.8) is 0 Å². The van der Waals surface area contributed by atoms with E-state index in [1.54, 1.807) is 66.7 Å². The van der Waals surface area contributed by atoms with Crippen LogP contribution in [0.3, 0.4) is 0 Å². The molecule has 3 aromatic carbocycles. The molecule has 1 aliphatic heterocycles. The fourth-order valence-corrected chi connectivity index (χ4v) is 3.93. The van der Waals surface area contributed by atoms with E-state index in [4.69, 9.17) is 4.74 Å². The molecule has 0 saturated heterocycles. The van der Waals surface area contributed by atoms with Gasteiger partial charge in [-0.2, -0.15) is 13.5 Å². The minimum atomic E-state index is -3.72. The largest absolute Gasteiger partial charge is 0.422 e. The molecule has 29 heavy (non-hydrogen) atoms. The van der Waals surface area contributed by atoms with Gasteiger partial charge in [0.15, 0.2) is 5.84 Å². The Kier molecular flexibility index (Phi) is 4.92. The van der Waals surface area contributed by atoms with Gasteiger partial charge in [-0.15, -0.1) is 4.40 Å². The van der Waals surface area contributed by atoms with E-state index in [1.807, 2.05) is 6.07 Å². The third kappa shape index (κ3) is 3.92. The number of amidine groups is 1. The minimum absolute atomic E-state index is 0.134. The highest BCUT2D eigenvalue weighted by atomic mass is 32.2. The Bertz CT molecular complexity index is 1240. The zero-order valence-corrected chi connectivity index (χ0v) is 15.8. The average Bonchev–Trinajstić information content (AvgIpc) is 3.00. The maximum Gasteiger partial charge on any atom is 0.343 e. The summed E-state index contributed by atoms with van der Waals surface area (Å²) in [5.74, 6) is -0.0245. The highest BCUT2D eigenvalue weighted by molar-refractivity contribution is 7.90. The van der Waals surface area contributed by atoms with Crippen LogP contribution in [0.2, 0.25) is 0 Å². The second kappa shape index (κ2) is 7.69. The van der Waals surface area contributed by atoms with E-state index in [0.29, 0.717) is 22.4 Å².